The maximum Gasteiger partial charge on any atom is 0.337 e. The average molecular weight is 354 g/mol. The van der Waals surface area contributed by atoms with E-state index in [2.05, 4.69) is 4.98 Å². The SMILES string of the molecule is COC(=O)c1ccc(CSc2nccn2-c2ccc(OC)cc2)cc1. The highest BCUT2D eigenvalue weighted by molar-refractivity contribution is 7.98. The van der Waals surface area contributed by atoms with Crippen molar-refractivity contribution in [1.29, 1.82) is 0 Å². The highest BCUT2D eigenvalue weighted by Crippen LogP contribution is 2.25. The molecule has 128 valence electrons. The molecule has 2 aromatic carbocycles. The van der Waals surface area contributed by atoms with Crippen molar-refractivity contribution in [2.75, 3.05) is 14.2 Å². The zero-order chi connectivity index (χ0) is 17.6. The van der Waals surface area contributed by atoms with Gasteiger partial charge in [-0.05, 0) is 42.0 Å². The Kier molecular flexibility index (Phi) is 5.40. The standard InChI is InChI=1S/C19H18N2O3S/c1-23-17-9-7-16(8-10-17)21-12-11-20-19(21)25-13-14-3-5-15(6-4-14)18(22)24-2/h3-12H,13H2,1-2H3. The van der Waals surface area contributed by atoms with Crippen molar-refractivity contribution in [3.63, 3.8) is 0 Å². The van der Waals surface area contributed by atoms with Gasteiger partial charge in [0.25, 0.3) is 0 Å². The van der Waals surface area contributed by atoms with Crippen LogP contribution in [0, 0.1) is 0 Å². The Balaban J connectivity index is 1.70. The monoisotopic (exact) mass is 354 g/mol. The lowest BCUT2D eigenvalue weighted by Crippen LogP contribution is -2.00. The number of esters is 1. The van der Waals surface area contributed by atoms with Gasteiger partial charge < -0.3 is 9.47 Å². The highest BCUT2D eigenvalue weighted by Gasteiger charge is 2.08. The van der Waals surface area contributed by atoms with E-state index in [0.29, 0.717) is 5.56 Å². The molecular weight excluding hydrogens is 336 g/mol. The number of nitrogens with zero attached hydrogens (tertiary/aromatic N) is 2. The summed E-state index contributed by atoms with van der Waals surface area (Å²) >= 11 is 1.64. The molecule has 3 aromatic rings. The summed E-state index contributed by atoms with van der Waals surface area (Å²) in [7, 11) is 3.03. The molecule has 0 amide bonds. The fraction of sp³-hybridized carbons (Fsp3) is 0.158. The molecule has 0 N–H and O–H groups in total. The molecule has 0 saturated carbocycles. The molecule has 0 bridgehead atoms. The number of hydrogen-bond donors (Lipinski definition) is 0. The largest absolute Gasteiger partial charge is 0.497 e. The van der Waals surface area contributed by atoms with E-state index in [4.69, 9.17) is 9.47 Å². The summed E-state index contributed by atoms with van der Waals surface area (Å²) in [5.74, 6) is 1.26. The number of rotatable bonds is 6. The van der Waals surface area contributed by atoms with Crippen LogP contribution in [0.2, 0.25) is 0 Å². The predicted octanol–water partition coefficient (Wildman–Crippen LogP) is 3.96. The summed E-state index contributed by atoms with van der Waals surface area (Å²) in [6, 6.07) is 15.3. The van der Waals surface area contributed by atoms with Crippen LogP contribution in [0.4, 0.5) is 0 Å². The van der Waals surface area contributed by atoms with Gasteiger partial charge in [-0.15, -0.1) is 0 Å². The van der Waals surface area contributed by atoms with Gasteiger partial charge >= 0.3 is 5.97 Å². The first-order valence-corrected chi connectivity index (χ1v) is 8.67. The van der Waals surface area contributed by atoms with Gasteiger partial charge in [0.15, 0.2) is 5.16 Å². The smallest absolute Gasteiger partial charge is 0.337 e. The molecule has 5 nitrogen and oxygen atoms in total. The van der Waals surface area contributed by atoms with Crippen LogP contribution in [-0.2, 0) is 10.5 Å². The van der Waals surface area contributed by atoms with Crippen molar-refractivity contribution in [2.45, 2.75) is 10.9 Å². The summed E-state index contributed by atoms with van der Waals surface area (Å²) in [5, 5.41) is 0.905. The van der Waals surface area contributed by atoms with Gasteiger partial charge in [0.2, 0.25) is 0 Å². The normalized spacial score (nSPS) is 10.5. The van der Waals surface area contributed by atoms with E-state index in [1.807, 2.05) is 47.2 Å². The lowest BCUT2D eigenvalue weighted by atomic mass is 10.1. The molecule has 1 heterocycles. The quantitative estimate of drug-likeness (QED) is 0.495. The summed E-state index contributed by atoms with van der Waals surface area (Å²) < 4.78 is 11.9. The Morgan fingerprint density at radius 2 is 1.80 bits per heavy atom. The first kappa shape index (κ1) is 17.1. The number of ether oxygens (including phenoxy) is 2. The van der Waals surface area contributed by atoms with Crippen molar-refractivity contribution in [2.24, 2.45) is 0 Å². The van der Waals surface area contributed by atoms with Crippen molar-refractivity contribution in [3.05, 3.63) is 72.1 Å². The van der Waals surface area contributed by atoms with Crippen LogP contribution < -0.4 is 4.74 Å². The number of thioether (sulfide) groups is 1. The van der Waals surface area contributed by atoms with Crippen molar-refractivity contribution in [3.8, 4) is 11.4 Å². The first-order chi connectivity index (χ1) is 12.2. The number of imidazole rings is 1. The summed E-state index contributed by atoms with van der Waals surface area (Å²) in [5.41, 5.74) is 2.69. The second kappa shape index (κ2) is 7.90. The molecule has 25 heavy (non-hydrogen) atoms. The van der Waals surface area contributed by atoms with Gasteiger partial charge in [-0.2, -0.15) is 0 Å². The third kappa shape index (κ3) is 4.03. The number of carbonyl (C=O) groups is 1. The van der Waals surface area contributed by atoms with Crippen LogP contribution in [0.25, 0.3) is 5.69 Å². The Bertz CT molecular complexity index is 842. The molecule has 0 unspecified atom stereocenters. The molecule has 1 aromatic heterocycles. The van der Waals surface area contributed by atoms with Gasteiger partial charge in [-0.25, -0.2) is 9.78 Å². The van der Waals surface area contributed by atoms with Crippen LogP contribution in [0.3, 0.4) is 0 Å². The molecule has 0 aliphatic carbocycles. The van der Waals surface area contributed by atoms with Gasteiger partial charge in [0, 0.05) is 23.8 Å². The van der Waals surface area contributed by atoms with Crippen LogP contribution >= 0.6 is 11.8 Å². The Labute approximate surface area is 150 Å². The van der Waals surface area contributed by atoms with Gasteiger partial charge in [0.05, 0.1) is 19.8 Å². The Morgan fingerprint density at radius 1 is 1.08 bits per heavy atom. The highest BCUT2D eigenvalue weighted by atomic mass is 32.2. The number of hydrogen-bond acceptors (Lipinski definition) is 5. The minimum absolute atomic E-state index is 0.325. The maximum atomic E-state index is 11.5. The average Bonchev–Trinajstić information content (AvgIpc) is 3.15. The van der Waals surface area contributed by atoms with Crippen LogP contribution in [0.5, 0.6) is 5.75 Å². The van der Waals surface area contributed by atoms with E-state index >= 15 is 0 Å². The van der Waals surface area contributed by atoms with Crippen molar-refractivity contribution >= 4 is 17.7 Å². The molecule has 0 fully saturated rings. The van der Waals surface area contributed by atoms with Crippen molar-refractivity contribution < 1.29 is 14.3 Å². The van der Waals surface area contributed by atoms with E-state index in [1.54, 1.807) is 37.2 Å². The van der Waals surface area contributed by atoms with Crippen molar-refractivity contribution in [1.82, 2.24) is 9.55 Å². The minimum atomic E-state index is -0.325. The van der Waals surface area contributed by atoms with Crippen LogP contribution in [0.15, 0.2) is 66.1 Å². The van der Waals surface area contributed by atoms with Gasteiger partial charge in [0.1, 0.15) is 5.75 Å². The Morgan fingerprint density at radius 3 is 2.44 bits per heavy atom. The number of methoxy groups -OCH3 is 2. The molecule has 6 heteroatoms. The van der Waals surface area contributed by atoms with E-state index < -0.39 is 0 Å². The number of carbonyl (C=O) groups excluding carboxylic acids is 1. The molecular formula is C19H18N2O3S. The summed E-state index contributed by atoms with van der Waals surface area (Å²) in [4.78, 5) is 15.9. The maximum absolute atomic E-state index is 11.5. The molecule has 0 radical (unpaired) electrons. The third-order valence-corrected chi connectivity index (χ3v) is 4.74. The second-order valence-electron chi connectivity index (χ2n) is 5.26. The fourth-order valence-electron chi connectivity index (χ4n) is 2.34. The zero-order valence-electron chi connectivity index (χ0n) is 14.0. The molecule has 0 atom stereocenters. The lowest BCUT2D eigenvalue weighted by molar-refractivity contribution is 0.0600. The number of aromatic nitrogens is 2. The molecule has 3 rings (SSSR count). The van der Waals surface area contributed by atoms with Crippen LogP contribution in [-0.4, -0.2) is 29.7 Å². The summed E-state index contributed by atoms with van der Waals surface area (Å²) in [6.45, 7) is 0. The predicted molar refractivity (Wildman–Crippen MR) is 97.5 cm³/mol. The lowest BCUT2D eigenvalue weighted by Gasteiger charge is -2.08. The van der Waals surface area contributed by atoms with Crippen LogP contribution in [0.1, 0.15) is 15.9 Å². The fourth-order valence-corrected chi connectivity index (χ4v) is 3.27. The first-order valence-electron chi connectivity index (χ1n) is 7.69. The topological polar surface area (TPSA) is 53.3 Å². The number of benzene rings is 2. The van der Waals surface area contributed by atoms with Gasteiger partial charge in [-0.1, -0.05) is 23.9 Å². The third-order valence-electron chi connectivity index (χ3n) is 3.70. The minimum Gasteiger partial charge on any atom is -0.497 e. The summed E-state index contributed by atoms with van der Waals surface area (Å²) in [6.07, 6.45) is 3.72. The zero-order valence-corrected chi connectivity index (χ0v) is 14.8. The molecule has 0 aliphatic rings. The molecule has 0 saturated heterocycles. The molecule has 0 spiro atoms. The van der Waals surface area contributed by atoms with E-state index in [-0.39, 0.29) is 5.97 Å². The second-order valence-corrected chi connectivity index (χ2v) is 6.20. The van der Waals surface area contributed by atoms with E-state index in [0.717, 1.165) is 27.9 Å². The van der Waals surface area contributed by atoms with Gasteiger partial charge in [-0.3, -0.25) is 4.57 Å². The molecule has 0 aliphatic heterocycles. The Hall–Kier alpha value is -2.73. The van der Waals surface area contributed by atoms with E-state index in [1.165, 1.54) is 7.11 Å². The van der Waals surface area contributed by atoms with E-state index in [9.17, 15) is 4.79 Å².